The topological polar surface area (TPSA) is 29.3 Å². The maximum atomic E-state index is 5.92. The van der Waals surface area contributed by atoms with Gasteiger partial charge in [-0.15, -0.1) is 0 Å². The Labute approximate surface area is 121 Å². The van der Waals surface area contributed by atoms with Crippen molar-refractivity contribution in [1.29, 1.82) is 0 Å². The summed E-state index contributed by atoms with van der Waals surface area (Å²) < 4.78 is 0. The van der Waals surface area contributed by atoms with Gasteiger partial charge in [-0.05, 0) is 48.2 Å². The molecule has 2 aromatic rings. The van der Waals surface area contributed by atoms with E-state index in [1.54, 1.807) is 0 Å². The maximum Gasteiger partial charge on any atom is 0.0266 e. The fraction of sp³-hybridized carbons (Fsp3) is 0.333. The van der Waals surface area contributed by atoms with Crippen molar-refractivity contribution >= 4 is 0 Å². The van der Waals surface area contributed by atoms with E-state index in [-0.39, 0.29) is 6.04 Å². The normalized spacial score (nSPS) is 16.8. The Morgan fingerprint density at radius 1 is 1.10 bits per heavy atom. The molecule has 104 valence electrons. The van der Waals surface area contributed by atoms with E-state index in [0.29, 0.717) is 0 Å². The molecule has 20 heavy (non-hydrogen) atoms. The van der Waals surface area contributed by atoms with Crippen molar-refractivity contribution in [3.8, 4) is 11.1 Å². The van der Waals surface area contributed by atoms with E-state index in [1.165, 1.54) is 27.8 Å². The molecule has 2 N–H and O–H groups in total. The van der Waals surface area contributed by atoms with Crippen molar-refractivity contribution in [1.82, 2.24) is 4.90 Å². The van der Waals surface area contributed by atoms with Crippen LogP contribution in [0.2, 0.25) is 0 Å². The Balaban J connectivity index is 2.02. The van der Waals surface area contributed by atoms with E-state index in [4.69, 9.17) is 5.73 Å². The number of hydrogen-bond acceptors (Lipinski definition) is 2. The van der Waals surface area contributed by atoms with Crippen LogP contribution in [-0.4, -0.2) is 18.5 Å². The summed E-state index contributed by atoms with van der Waals surface area (Å²) >= 11 is 0. The molecule has 0 saturated carbocycles. The van der Waals surface area contributed by atoms with Gasteiger partial charge in [-0.1, -0.05) is 42.5 Å². The van der Waals surface area contributed by atoms with Crippen molar-refractivity contribution in [2.75, 3.05) is 13.6 Å². The highest BCUT2D eigenvalue weighted by molar-refractivity contribution is 5.69. The van der Waals surface area contributed by atoms with Crippen molar-refractivity contribution in [3.05, 3.63) is 59.2 Å². The Bertz CT molecular complexity index is 599. The zero-order valence-electron chi connectivity index (χ0n) is 12.3. The van der Waals surface area contributed by atoms with Crippen LogP contribution in [0.25, 0.3) is 11.1 Å². The summed E-state index contributed by atoms with van der Waals surface area (Å²) in [6.07, 6.45) is 1.15. The zero-order chi connectivity index (χ0) is 14.1. The van der Waals surface area contributed by atoms with Crippen molar-refractivity contribution in [2.24, 2.45) is 5.73 Å². The second-order valence-electron chi connectivity index (χ2n) is 5.84. The molecular weight excluding hydrogens is 244 g/mol. The van der Waals surface area contributed by atoms with Gasteiger partial charge < -0.3 is 10.6 Å². The number of fused-ring (bicyclic) bond motifs is 1. The maximum absolute atomic E-state index is 5.92. The summed E-state index contributed by atoms with van der Waals surface area (Å²) in [4.78, 5) is 2.39. The molecule has 1 aliphatic rings. The number of nitrogens with two attached hydrogens (primary N) is 1. The number of rotatable bonds is 2. The lowest BCUT2D eigenvalue weighted by molar-refractivity contribution is 0.313. The van der Waals surface area contributed by atoms with Crippen LogP contribution in [-0.2, 0) is 13.0 Å². The average Bonchev–Trinajstić information content (AvgIpc) is 2.46. The van der Waals surface area contributed by atoms with Gasteiger partial charge in [-0.2, -0.15) is 0 Å². The highest BCUT2D eigenvalue weighted by Gasteiger charge is 2.16. The molecule has 0 radical (unpaired) electrons. The molecule has 1 atom stereocenters. The molecule has 1 aliphatic heterocycles. The van der Waals surface area contributed by atoms with Gasteiger partial charge in [0.25, 0.3) is 0 Å². The first-order valence-electron chi connectivity index (χ1n) is 7.30. The van der Waals surface area contributed by atoms with E-state index in [9.17, 15) is 0 Å². The average molecular weight is 266 g/mol. The van der Waals surface area contributed by atoms with Gasteiger partial charge in [-0.3, -0.25) is 0 Å². The summed E-state index contributed by atoms with van der Waals surface area (Å²) in [5, 5.41) is 0. The molecule has 0 unspecified atom stereocenters. The van der Waals surface area contributed by atoms with Gasteiger partial charge in [0.05, 0.1) is 0 Å². The number of hydrogen-bond donors (Lipinski definition) is 1. The predicted molar refractivity (Wildman–Crippen MR) is 84.5 cm³/mol. The molecule has 0 aromatic heterocycles. The first-order chi connectivity index (χ1) is 9.65. The number of likely N-dealkylation sites (N-methyl/N-ethyl adjacent to an activating group) is 1. The summed E-state index contributed by atoms with van der Waals surface area (Å²) in [6.45, 7) is 4.22. The molecule has 0 bridgehead atoms. The predicted octanol–water partition coefficient (Wildman–Crippen LogP) is 3.36. The fourth-order valence-electron chi connectivity index (χ4n) is 2.95. The van der Waals surface area contributed by atoms with Crippen LogP contribution in [0.1, 0.15) is 29.7 Å². The van der Waals surface area contributed by atoms with Gasteiger partial charge in [0, 0.05) is 19.1 Å². The third-order valence-corrected chi connectivity index (χ3v) is 4.21. The molecular formula is C18H22N2. The van der Waals surface area contributed by atoms with Gasteiger partial charge in [0.1, 0.15) is 0 Å². The standard InChI is InChI=1S/C18H22N2/c1-13(19)14-6-8-16(9-7-14)17-5-3-4-15-10-11-20(2)12-18(15)17/h3-9,13H,10-12,19H2,1-2H3/t13-/m1/s1. The van der Waals surface area contributed by atoms with Gasteiger partial charge in [0.15, 0.2) is 0 Å². The number of nitrogens with zero attached hydrogens (tertiary/aromatic N) is 1. The molecule has 0 fully saturated rings. The summed E-state index contributed by atoms with van der Waals surface area (Å²) in [5.41, 5.74) is 12.8. The van der Waals surface area contributed by atoms with E-state index >= 15 is 0 Å². The minimum absolute atomic E-state index is 0.0971. The fourth-order valence-corrected chi connectivity index (χ4v) is 2.95. The molecule has 0 amide bonds. The lowest BCUT2D eigenvalue weighted by Gasteiger charge is -2.27. The van der Waals surface area contributed by atoms with Gasteiger partial charge in [-0.25, -0.2) is 0 Å². The van der Waals surface area contributed by atoms with E-state index in [2.05, 4.69) is 54.4 Å². The van der Waals surface area contributed by atoms with Crippen LogP contribution in [0.4, 0.5) is 0 Å². The van der Waals surface area contributed by atoms with Gasteiger partial charge in [0.2, 0.25) is 0 Å². The minimum Gasteiger partial charge on any atom is -0.324 e. The molecule has 1 heterocycles. The lowest BCUT2D eigenvalue weighted by Crippen LogP contribution is -2.26. The SMILES string of the molecule is C[C@@H](N)c1ccc(-c2cccc3c2CN(C)CC3)cc1. The molecule has 2 nitrogen and oxygen atoms in total. The van der Waals surface area contributed by atoms with Crippen LogP contribution in [0.5, 0.6) is 0 Å². The monoisotopic (exact) mass is 266 g/mol. The second kappa shape index (κ2) is 5.39. The van der Waals surface area contributed by atoms with E-state index in [1.807, 2.05) is 6.92 Å². The molecule has 2 heteroatoms. The van der Waals surface area contributed by atoms with Crippen LogP contribution in [0.15, 0.2) is 42.5 Å². The number of benzene rings is 2. The molecule has 3 rings (SSSR count). The first-order valence-corrected chi connectivity index (χ1v) is 7.30. The van der Waals surface area contributed by atoms with E-state index < -0.39 is 0 Å². The van der Waals surface area contributed by atoms with E-state index in [0.717, 1.165) is 19.5 Å². The minimum atomic E-state index is 0.0971. The lowest BCUT2D eigenvalue weighted by atomic mass is 9.91. The summed E-state index contributed by atoms with van der Waals surface area (Å²) in [5.74, 6) is 0. The quantitative estimate of drug-likeness (QED) is 0.903. The Morgan fingerprint density at radius 2 is 1.85 bits per heavy atom. The first kappa shape index (κ1) is 13.3. The van der Waals surface area contributed by atoms with Gasteiger partial charge >= 0.3 is 0 Å². The Hall–Kier alpha value is -1.64. The summed E-state index contributed by atoms with van der Waals surface area (Å²) in [7, 11) is 2.19. The molecule has 0 saturated heterocycles. The highest BCUT2D eigenvalue weighted by Crippen LogP contribution is 2.30. The van der Waals surface area contributed by atoms with Crippen molar-refractivity contribution in [2.45, 2.75) is 25.9 Å². The highest BCUT2D eigenvalue weighted by atomic mass is 15.1. The second-order valence-corrected chi connectivity index (χ2v) is 5.84. The third-order valence-electron chi connectivity index (χ3n) is 4.21. The third kappa shape index (κ3) is 2.49. The largest absolute Gasteiger partial charge is 0.324 e. The Kier molecular flexibility index (Phi) is 3.60. The van der Waals surface area contributed by atoms with Crippen molar-refractivity contribution in [3.63, 3.8) is 0 Å². The summed E-state index contributed by atoms with van der Waals surface area (Å²) in [6, 6.07) is 15.5. The van der Waals surface area contributed by atoms with Crippen LogP contribution >= 0.6 is 0 Å². The van der Waals surface area contributed by atoms with Crippen LogP contribution < -0.4 is 5.73 Å². The smallest absolute Gasteiger partial charge is 0.0266 e. The Morgan fingerprint density at radius 3 is 2.55 bits per heavy atom. The van der Waals surface area contributed by atoms with Crippen LogP contribution in [0, 0.1) is 0 Å². The molecule has 0 spiro atoms. The molecule has 0 aliphatic carbocycles. The van der Waals surface area contributed by atoms with Crippen LogP contribution in [0.3, 0.4) is 0 Å². The van der Waals surface area contributed by atoms with Crippen molar-refractivity contribution < 1.29 is 0 Å². The molecule has 2 aromatic carbocycles. The zero-order valence-corrected chi connectivity index (χ0v) is 12.3.